The van der Waals surface area contributed by atoms with Crippen LogP contribution in [0.15, 0.2) is 58.3 Å². The molecule has 2 heterocycles. The molecule has 2 N–H and O–H groups in total. The van der Waals surface area contributed by atoms with Crippen LogP contribution < -0.4 is 0 Å². The predicted molar refractivity (Wildman–Crippen MR) is 256 cm³/mol. The zero-order valence-electron chi connectivity index (χ0n) is 41.0. The van der Waals surface area contributed by atoms with Crippen LogP contribution >= 0.6 is 0 Å². The Balaban J connectivity index is 1.64. The molecule has 0 aliphatic carbocycles. The van der Waals surface area contributed by atoms with E-state index >= 15 is 16.8 Å². The average Bonchev–Trinajstić information content (AvgIpc) is 3.82. The lowest BCUT2D eigenvalue weighted by atomic mass is 9.80. The van der Waals surface area contributed by atoms with E-state index in [-0.39, 0.29) is 68.6 Å². The van der Waals surface area contributed by atoms with Crippen LogP contribution in [0.2, 0.25) is 0 Å². The van der Waals surface area contributed by atoms with Crippen LogP contribution in [0.3, 0.4) is 0 Å². The summed E-state index contributed by atoms with van der Waals surface area (Å²) in [5.74, 6) is -0.642. The Bertz CT molecular complexity index is 2430. The quantitative estimate of drug-likeness (QED) is 0.152. The summed E-state index contributed by atoms with van der Waals surface area (Å²) >= 11 is 0. The van der Waals surface area contributed by atoms with Gasteiger partial charge in [-0.3, -0.25) is 0 Å². The largest absolute Gasteiger partial charge is 0.507 e. The van der Waals surface area contributed by atoms with Crippen molar-refractivity contribution < 1.29 is 36.5 Å². The molecular weight excluding hydrogens is 845 g/mol. The second-order valence-electron chi connectivity index (χ2n) is 20.8. The molecule has 0 spiro atoms. The van der Waals surface area contributed by atoms with Gasteiger partial charge in [0.05, 0.1) is 35.1 Å². The number of benzene rings is 4. The van der Waals surface area contributed by atoms with Crippen molar-refractivity contribution in [2.24, 2.45) is 11.8 Å². The van der Waals surface area contributed by atoms with Gasteiger partial charge >= 0.3 is 0 Å². The molecule has 0 aromatic heterocycles. The van der Waals surface area contributed by atoms with E-state index in [4.69, 9.17) is 9.47 Å². The van der Waals surface area contributed by atoms with Gasteiger partial charge < -0.3 is 19.7 Å². The van der Waals surface area contributed by atoms with E-state index in [0.717, 1.165) is 22.3 Å². The molecule has 64 heavy (non-hydrogen) atoms. The minimum Gasteiger partial charge on any atom is -0.507 e. The van der Waals surface area contributed by atoms with Crippen molar-refractivity contribution in [2.45, 2.75) is 169 Å². The zero-order valence-corrected chi connectivity index (χ0v) is 42.6. The number of sulfonamides is 2. The van der Waals surface area contributed by atoms with E-state index in [9.17, 15) is 10.2 Å². The highest BCUT2D eigenvalue weighted by Crippen LogP contribution is 2.52. The second kappa shape index (κ2) is 17.8. The maximum atomic E-state index is 15.2. The first-order chi connectivity index (χ1) is 29.6. The Morgan fingerprint density at radius 3 is 1.12 bits per heavy atom. The normalized spacial score (nSPS) is 21.4. The molecule has 4 aromatic carbocycles. The lowest BCUT2D eigenvalue weighted by Crippen LogP contribution is -2.42. The molecular formula is C52H72N2O8S2. The molecule has 6 rings (SSSR count). The highest BCUT2D eigenvalue weighted by atomic mass is 32.2. The van der Waals surface area contributed by atoms with Crippen LogP contribution in [0.25, 0.3) is 11.1 Å². The van der Waals surface area contributed by atoms with Gasteiger partial charge in [0.25, 0.3) is 0 Å². The molecule has 6 atom stereocenters. The number of nitrogens with zero attached hydrogens (tertiary/aromatic N) is 2. The lowest BCUT2D eigenvalue weighted by Gasteiger charge is -2.33. The fourth-order valence-corrected chi connectivity index (χ4v) is 14.2. The van der Waals surface area contributed by atoms with Gasteiger partial charge in [0.1, 0.15) is 11.5 Å². The molecule has 4 aromatic rings. The Hall–Kier alpha value is -3.78. The van der Waals surface area contributed by atoms with Crippen LogP contribution in [0.5, 0.6) is 11.5 Å². The van der Waals surface area contributed by atoms with Gasteiger partial charge in [-0.25, -0.2) is 16.8 Å². The van der Waals surface area contributed by atoms with E-state index in [1.54, 1.807) is 0 Å². The third-order valence-electron chi connectivity index (χ3n) is 13.7. The molecule has 2 unspecified atom stereocenters. The summed E-state index contributed by atoms with van der Waals surface area (Å²) in [4.78, 5) is 0.438. The van der Waals surface area contributed by atoms with Gasteiger partial charge in [-0.05, 0) is 122 Å². The summed E-state index contributed by atoms with van der Waals surface area (Å²) < 4.78 is 76.7. The summed E-state index contributed by atoms with van der Waals surface area (Å²) in [5.41, 5.74) is 6.00. The van der Waals surface area contributed by atoms with Crippen LogP contribution in [-0.4, -0.2) is 61.0 Å². The number of aromatic hydroxyl groups is 2. The molecule has 0 radical (unpaired) electrons. The first-order valence-electron chi connectivity index (χ1n) is 22.8. The molecule has 0 saturated carbocycles. The van der Waals surface area contributed by atoms with Crippen LogP contribution in [0, 0.1) is 53.4 Å². The Morgan fingerprint density at radius 2 is 0.859 bits per heavy atom. The minimum atomic E-state index is -4.21. The highest BCUT2D eigenvalue weighted by molar-refractivity contribution is 7.89. The monoisotopic (exact) mass is 916 g/mol. The number of phenolic OH excluding ortho intramolecular Hbond substituents is 2. The molecule has 2 aliphatic rings. The summed E-state index contributed by atoms with van der Waals surface area (Å²) in [6.07, 6.45) is -1.00. The fraction of sp³-hybridized carbons (Fsp3) is 0.538. The first kappa shape index (κ1) is 49.6. The number of hydrogen-bond acceptors (Lipinski definition) is 8. The van der Waals surface area contributed by atoms with Gasteiger partial charge in [0, 0.05) is 22.3 Å². The van der Waals surface area contributed by atoms with E-state index < -0.39 is 55.4 Å². The predicted octanol–water partition coefficient (Wildman–Crippen LogP) is 11.5. The number of hydrogen-bond donors (Lipinski definition) is 2. The summed E-state index contributed by atoms with van der Waals surface area (Å²) in [6, 6.07) is 13.7. The smallest absolute Gasteiger partial charge is 0.246 e. The van der Waals surface area contributed by atoms with Crippen LogP contribution in [0.4, 0.5) is 0 Å². The topological polar surface area (TPSA) is 134 Å². The van der Waals surface area contributed by atoms with Gasteiger partial charge in [-0.2, -0.15) is 8.61 Å². The molecule has 0 amide bonds. The van der Waals surface area contributed by atoms with Crippen LogP contribution in [-0.2, 0) is 40.4 Å². The SMILES string of the molecule is CCC(C)[C@H]1CO[C@@H](c2cc(C(C)(C)C)cc(-c3cc(C(C)(C)C)cc([C@@H]4OC[C@H](C(C)CC)N4S(=O)(=O)c4c(C)cc(C)cc4C)c3O)c2O)N1S(=O)(=O)c1c(C)cc(C)cc1C. The molecule has 12 heteroatoms. The summed E-state index contributed by atoms with van der Waals surface area (Å²) in [5, 5.41) is 25.5. The summed E-state index contributed by atoms with van der Waals surface area (Å²) in [7, 11) is -8.42. The second-order valence-corrected chi connectivity index (χ2v) is 24.4. The molecule has 2 saturated heterocycles. The molecule has 2 fully saturated rings. The Kier molecular flexibility index (Phi) is 13.8. The third kappa shape index (κ3) is 8.92. The Labute approximate surface area is 384 Å². The van der Waals surface area contributed by atoms with E-state index in [2.05, 4.69) is 0 Å². The van der Waals surface area contributed by atoms with Crippen molar-refractivity contribution in [1.29, 1.82) is 0 Å². The zero-order chi connectivity index (χ0) is 47.8. The molecule has 0 bridgehead atoms. The number of rotatable bonds is 11. The van der Waals surface area contributed by atoms with Crippen molar-refractivity contribution in [3.8, 4) is 22.6 Å². The first-order valence-corrected chi connectivity index (χ1v) is 25.7. The van der Waals surface area contributed by atoms with Gasteiger partial charge in [-0.1, -0.05) is 117 Å². The fourth-order valence-electron chi connectivity index (χ4n) is 9.78. The van der Waals surface area contributed by atoms with Gasteiger partial charge in [0.15, 0.2) is 12.5 Å². The summed E-state index contributed by atoms with van der Waals surface area (Å²) in [6.45, 7) is 31.7. The maximum Gasteiger partial charge on any atom is 0.246 e. The molecule has 10 nitrogen and oxygen atoms in total. The van der Waals surface area contributed by atoms with Crippen molar-refractivity contribution in [2.75, 3.05) is 13.2 Å². The third-order valence-corrected chi connectivity index (χ3v) is 18.0. The average molecular weight is 917 g/mol. The van der Waals surface area contributed by atoms with Crippen molar-refractivity contribution in [3.05, 3.63) is 104 Å². The molecule has 350 valence electrons. The highest BCUT2D eigenvalue weighted by Gasteiger charge is 2.50. The van der Waals surface area contributed by atoms with Crippen molar-refractivity contribution >= 4 is 20.0 Å². The number of aryl methyl sites for hydroxylation is 6. The maximum absolute atomic E-state index is 15.2. The number of ether oxygens (including phenoxy) is 2. The molecule has 2 aliphatic heterocycles. The van der Waals surface area contributed by atoms with Gasteiger partial charge in [0.2, 0.25) is 20.0 Å². The minimum absolute atomic E-state index is 0.0781. The lowest BCUT2D eigenvalue weighted by molar-refractivity contribution is 0.0652. The number of phenols is 2. The van der Waals surface area contributed by atoms with E-state index in [1.807, 2.05) is 159 Å². The van der Waals surface area contributed by atoms with Crippen molar-refractivity contribution in [1.82, 2.24) is 8.61 Å². The van der Waals surface area contributed by atoms with Gasteiger partial charge in [-0.15, -0.1) is 0 Å². The van der Waals surface area contributed by atoms with Crippen LogP contribution in [0.1, 0.15) is 150 Å². The van der Waals surface area contributed by atoms with E-state index in [0.29, 0.717) is 35.1 Å². The van der Waals surface area contributed by atoms with Crippen molar-refractivity contribution in [3.63, 3.8) is 0 Å². The Morgan fingerprint density at radius 1 is 0.562 bits per heavy atom. The van der Waals surface area contributed by atoms with E-state index in [1.165, 1.54) is 8.61 Å². The standard InChI is InChI=1S/C52H72N2O8S2/c1-17-31(5)43-27-61-49(53(43)63(57,58)47-33(7)19-29(3)20-34(47)8)41-25-37(51(11,12)13)23-39(45(41)55)40-24-38(52(14,15)16)26-42(46(40)56)50-54(44(28-62-50)32(6)18-2)64(59,60)48-35(9)21-30(4)22-36(48)10/h19-26,31-32,43-44,49-50,55-56H,17-18,27-28H2,1-16H3/t31?,32?,43-,44-,49+,50+/m1/s1.